The SMILES string of the molecule is COc1cccc(C(=O)CN2C(=O)C(C)C(C)C2=O)c1. The predicted molar refractivity (Wildman–Crippen MR) is 72.4 cm³/mol. The number of carbonyl (C=O) groups excluding carboxylic acids is 3. The zero-order valence-corrected chi connectivity index (χ0v) is 11.8. The molecule has 0 bridgehead atoms. The van der Waals surface area contributed by atoms with Crippen LogP contribution in [0.25, 0.3) is 0 Å². The number of ketones is 1. The maximum Gasteiger partial charge on any atom is 0.233 e. The average Bonchev–Trinajstić information content (AvgIpc) is 2.65. The van der Waals surface area contributed by atoms with Gasteiger partial charge in [-0.1, -0.05) is 26.0 Å². The molecule has 0 saturated carbocycles. The molecule has 5 nitrogen and oxygen atoms in total. The molecule has 2 rings (SSSR count). The number of hydrogen-bond acceptors (Lipinski definition) is 4. The van der Waals surface area contributed by atoms with Crippen molar-refractivity contribution >= 4 is 17.6 Å². The summed E-state index contributed by atoms with van der Waals surface area (Å²) in [6, 6.07) is 6.67. The summed E-state index contributed by atoms with van der Waals surface area (Å²) in [5, 5.41) is 0. The van der Waals surface area contributed by atoms with Crippen LogP contribution >= 0.6 is 0 Å². The van der Waals surface area contributed by atoms with Crippen LogP contribution in [-0.2, 0) is 9.59 Å². The third-order valence-corrected chi connectivity index (χ3v) is 3.75. The van der Waals surface area contributed by atoms with Gasteiger partial charge in [0.2, 0.25) is 11.8 Å². The van der Waals surface area contributed by atoms with Crippen molar-refractivity contribution in [3.05, 3.63) is 29.8 Å². The van der Waals surface area contributed by atoms with E-state index in [1.807, 2.05) is 0 Å². The van der Waals surface area contributed by atoms with E-state index in [1.54, 1.807) is 38.1 Å². The second-order valence-corrected chi connectivity index (χ2v) is 5.00. The first-order valence-electron chi connectivity index (χ1n) is 6.48. The van der Waals surface area contributed by atoms with E-state index in [0.29, 0.717) is 11.3 Å². The summed E-state index contributed by atoms with van der Waals surface area (Å²) in [6.45, 7) is 3.21. The fourth-order valence-corrected chi connectivity index (χ4v) is 2.22. The molecule has 2 amide bonds. The van der Waals surface area contributed by atoms with Crippen molar-refractivity contribution < 1.29 is 19.1 Å². The van der Waals surface area contributed by atoms with Gasteiger partial charge in [0.25, 0.3) is 0 Å². The average molecular weight is 275 g/mol. The minimum absolute atomic E-state index is 0.209. The molecule has 106 valence electrons. The van der Waals surface area contributed by atoms with Crippen LogP contribution in [0.5, 0.6) is 5.75 Å². The van der Waals surface area contributed by atoms with Gasteiger partial charge in [-0.3, -0.25) is 19.3 Å². The molecule has 1 aromatic carbocycles. The molecule has 0 spiro atoms. The molecule has 1 heterocycles. The molecule has 1 aliphatic rings. The van der Waals surface area contributed by atoms with Gasteiger partial charge in [-0.2, -0.15) is 0 Å². The van der Waals surface area contributed by atoms with Gasteiger partial charge in [-0.15, -0.1) is 0 Å². The van der Waals surface area contributed by atoms with Gasteiger partial charge in [0.1, 0.15) is 5.75 Å². The van der Waals surface area contributed by atoms with Crippen LogP contribution in [0.3, 0.4) is 0 Å². The molecule has 2 unspecified atom stereocenters. The Morgan fingerprint density at radius 3 is 2.35 bits per heavy atom. The first kappa shape index (κ1) is 14.2. The number of nitrogens with zero attached hydrogens (tertiary/aromatic N) is 1. The van der Waals surface area contributed by atoms with Crippen molar-refractivity contribution in [3.63, 3.8) is 0 Å². The number of amides is 2. The second kappa shape index (κ2) is 5.45. The third-order valence-electron chi connectivity index (χ3n) is 3.75. The van der Waals surface area contributed by atoms with Gasteiger partial charge in [0.05, 0.1) is 13.7 Å². The predicted octanol–water partition coefficient (Wildman–Crippen LogP) is 1.52. The Morgan fingerprint density at radius 2 is 1.80 bits per heavy atom. The van der Waals surface area contributed by atoms with Crippen LogP contribution in [0.1, 0.15) is 24.2 Å². The van der Waals surface area contributed by atoms with Crippen molar-refractivity contribution in [2.45, 2.75) is 13.8 Å². The van der Waals surface area contributed by atoms with Crippen LogP contribution in [0.4, 0.5) is 0 Å². The van der Waals surface area contributed by atoms with Gasteiger partial charge in [-0.25, -0.2) is 0 Å². The highest BCUT2D eigenvalue weighted by atomic mass is 16.5. The lowest BCUT2D eigenvalue weighted by Crippen LogP contribution is -2.35. The number of benzene rings is 1. The van der Waals surface area contributed by atoms with E-state index >= 15 is 0 Å². The maximum atomic E-state index is 12.2. The fraction of sp³-hybridized carbons (Fsp3) is 0.400. The van der Waals surface area contributed by atoms with Crippen molar-refractivity contribution in [1.82, 2.24) is 4.90 Å². The van der Waals surface area contributed by atoms with E-state index in [0.717, 1.165) is 4.90 Å². The van der Waals surface area contributed by atoms with Crippen molar-refractivity contribution in [2.24, 2.45) is 11.8 Å². The number of carbonyl (C=O) groups is 3. The fourth-order valence-electron chi connectivity index (χ4n) is 2.22. The number of rotatable bonds is 4. The molecule has 2 atom stereocenters. The molecule has 20 heavy (non-hydrogen) atoms. The molecule has 0 aliphatic carbocycles. The van der Waals surface area contributed by atoms with Crippen LogP contribution in [-0.4, -0.2) is 36.2 Å². The molecular weight excluding hydrogens is 258 g/mol. The number of likely N-dealkylation sites (tertiary alicyclic amines) is 1. The highest BCUT2D eigenvalue weighted by molar-refractivity contribution is 6.09. The lowest BCUT2D eigenvalue weighted by Gasteiger charge is -2.13. The molecule has 0 aromatic heterocycles. The second-order valence-electron chi connectivity index (χ2n) is 5.00. The number of Topliss-reactive ketones (excluding diaryl/α,β-unsaturated/α-hetero) is 1. The topological polar surface area (TPSA) is 63.7 Å². The molecular formula is C15H17NO4. The Hall–Kier alpha value is -2.17. The van der Waals surface area contributed by atoms with Crippen molar-refractivity contribution in [1.29, 1.82) is 0 Å². The minimum Gasteiger partial charge on any atom is -0.497 e. The van der Waals surface area contributed by atoms with Crippen LogP contribution in [0.2, 0.25) is 0 Å². The zero-order chi connectivity index (χ0) is 14.9. The Balaban J connectivity index is 2.15. The van der Waals surface area contributed by atoms with Gasteiger partial charge in [0, 0.05) is 17.4 Å². The first-order valence-corrected chi connectivity index (χ1v) is 6.48. The highest BCUT2D eigenvalue weighted by Crippen LogP contribution is 2.25. The standard InChI is InChI=1S/C15H17NO4/c1-9-10(2)15(19)16(14(9)18)8-13(17)11-5-4-6-12(7-11)20-3/h4-7,9-10H,8H2,1-3H3. The number of ether oxygens (including phenoxy) is 1. The van der Waals surface area contributed by atoms with Crippen LogP contribution in [0.15, 0.2) is 24.3 Å². The molecule has 1 aromatic rings. The van der Waals surface area contributed by atoms with E-state index in [4.69, 9.17) is 4.74 Å². The molecule has 1 fully saturated rings. The lowest BCUT2D eigenvalue weighted by molar-refractivity contribution is -0.139. The quantitative estimate of drug-likeness (QED) is 0.617. The summed E-state index contributed by atoms with van der Waals surface area (Å²) in [5.41, 5.74) is 0.428. The van der Waals surface area contributed by atoms with Gasteiger partial charge >= 0.3 is 0 Å². The monoisotopic (exact) mass is 275 g/mol. The summed E-state index contributed by atoms with van der Waals surface area (Å²) >= 11 is 0. The first-order chi connectivity index (χ1) is 9.45. The Kier molecular flexibility index (Phi) is 3.88. The smallest absolute Gasteiger partial charge is 0.233 e. The van der Waals surface area contributed by atoms with Gasteiger partial charge < -0.3 is 4.74 Å². The summed E-state index contributed by atoms with van der Waals surface area (Å²) in [4.78, 5) is 37.1. The summed E-state index contributed by atoms with van der Waals surface area (Å²) in [7, 11) is 1.51. The minimum atomic E-state index is -0.361. The number of methoxy groups -OCH3 is 1. The Labute approximate surface area is 117 Å². The maximum absolute atomic E-state index is 12.2. The third kappa shape index (κ3) is 2.43. The summed E-state index contributed by atoms with van der Waals surface area (Å²) < 4.78 is 5.05. The van der Waals surface area contributed by atoms with Crippen LogP contribution in [0, 0.1) is 11.8 Å². The molecule has 0 radical (unpaired) electrons. The van der Waals surface area contributed by atoms with E-state index in [-0.39, 0.29) is 36.0 Å². The Morgan fingerprint density at radius 1 is 1.20 bits per heavy atom. The van der Waals surface area contributed by atoms with Crippen LogP contribution < -0.4 is 4.74 Å². The lowest BCUT2D eigenvalue weighted by atomic mass is 10.00. The van der Waals surface area contributed by atoms with Crippen molar-refractivity contribution in [2.75, 3.05) is 13.7 Å². The summed E-state index contributed by atoms with van der Waals surface area (Å²) in [6.07, 6.45) is 0. The van der Waals surface area contributed by atoms with E-state index in [1.165, 1.54) is 7.11 Å². The van der Waals surface area contributed by atoms with E-state index in [2.05, 4.69) is 0 Å². The number of imide groups is 1. The van der Waals surface area contributed by atoms with Gasteiger partial charge in [-0.05, 0) is 12.1 Å². The molecule has 1 aliphatic heterocycles. The molecule has 0 N–H and O–H groups in total. The summed E-state index contributed by atoms with van der Waals surface area (Å²) in [5.74, 6) is -0.984. The number of hydrogen-bond donors (Lipinski definition) is 0. The van der Waals surface area contributed by atoms with Crippen molar-refractivity contribution in [3.8, 4) is 5.75 Å². The highest BCUT2D eigenvalue weighted by Gasteiger charge is 2.42. The van der Waals surface area contributed by atoms with E-state index < -0.39 is 0 Å². The largest absolute Gasteiger partial charge is 0.497 e. The van der Waals surface area contributed by atoms with Gasteiger partial charge in [0.15, 0.2) is 5.78 Å². The molecule has 5 heteroatoms. The Bertz CT molecular complexity index is 547. The normalized spacial score (nSPS) is 22.2. The zero-order valence-electron chi connectivity index (χ0n) is 11.8. The van der Waals surface area contributed by atoms with E-state index in [9.17, 15) is 14.4 Å². The molecule has 1 saturated heterocycles.